The topological polar surface area (TPSA) is 49.3 Å². The van der Waals surface area contributed by atoms with Crippen LogP contribution in [0.25, 0.3) is 0 Å². The highest BCUT2D eigenvalue weighted by molar-refractivity contribution is 5.32. The van der Waals surface area contributed by atoms with Gasteiger partial charge in [0.1, 0.15) is 0 Å². The molecule has 0 atom stereocenters. The minimum atomic E-state index is -0.250. The first-order valence-corrected chi connectivity index (χ1v) is 2.74. The van der Waals surface area contributed by atoms with Crippen molar-refractivity contribution in [2.45, 2.75) is 26.3 Å². The zero-order valence-electron chi connectivity index (χ0n) is 6.43. The molecule has 9 heavy (non-hydrogen) atoms. The van der Waals surface area contributed by atoms with Crippen molar-refractivity contribution in [2.75, 3.05) is 7.05 Å². The largest absolute Gasteiger partial charge is 0.483 e. The molecule has 0 aliphatic carbocycles. The fourth-order valence-electron chi connectivity index (χ4n) is 0. The Kier molecular flexibility index (Phi) is 6.96. The van der Waals surface area contributed by atoms with Crippen LogP contribution in [0.1, 0.15) is 20.8 Å². The Bertz CT molecular complexity index is 65.9. The fraction of sp³-hybridized carbons (Fsp3) is 0.833. The summed E-state index contributed by atoms with van der Waals surface area (Å²) in [5.74, 6) is 0. The zero-order chi connectivity index (χ0) is 7.91. The molecular formula is C6H15NO2. The van der Waals surface area contributed by atoms with Gasteiger partial charge in [0.15, 0.2) is 0 Å². The molecule has 0 heterocycles. The van der Waals surface area contributed by atoms with Crippen molar-refractivity contribution < 1.29 is 9.90 Å². The molecule has 0 aliphatic rings. The van der Waals surface area contributed by atoms with E-state index in [0.717, 1.165) is 0 Å². The monoisotopic (exact) mass is 133 g/mol. The molecule has 0 amide bonds. The van der Waals surface area contributed by atoms with Crippen LogP contribution in [0.15, 0.2) is 0 Å². The van der Waals surface area contributed by atoms with Gasteiger partial charge in [-0.2, -0.15) is 0 Å². The Hall–Kier alpha value is -0.570. The summed E-state index contributed by atoms with van der Waals surface area (Å²) >= 11 is 0. The van der Waals surface area contributed by atoms with Crippen molar-refractivity contribution >= 4 is 6.47 Å². The van der Waals surface area contributed by atoms with E-state index in [0.29, 0.717) is 5.54 Å². The van der Waals surface area contributed by atoms with Gasteiger partial charge in [0.2, 0.25) is 0 Å². The van der Waals surface area contributed by atoms with Crippen molar-refractivity contribution in [1.29, 1.82) is 0 Å². The number of rotatable bonds is 0. The van der Waals surface area contributed by atoms with E-state index in [4.69, 9.17) is 9.90 Å². The van der Waals surface area contributed by atoms with Crippen molar-refractivity contribution in [3.8, 4) is 0 Å². The number of carbonyl (C=O) groups is 1. The standard InChI is InChI=1S/C5H13N.CH2O2/c1-5(2,3)6-4;2-1-3/h6H,1-4H3;1H,(H,2,3). The molecule has 0 aromatic carbocycles. The maximum Gasteiger partial charge on any atom is 0.290 e. The smallest absolute Gasteiger partial charge is 0.290 e. The van der Waals surface area contributed by atoms with Gasteiger partial charge in [-0.15, -0.1) is 0 Å². The fourth-order valence-corrected chi connectivity index (χ4v) is 0. The first kappa shape index (κ1) is 11.3. The van der Waals surface area contributed by atoms with E-state index < -0.39 is 0 Å². The molecule has 3 nitrogen and oxygen atoms in total. The Labute approximate surface area is 56.1 Å². The van der Waals surface area contributed by atoms with Crippen LogP contribution in [-0.4, -0.2) is 24.2 Å². The van der Waals surface area contributed by atoms with Gasteiger partial charge in [0.05, 0.1) is 0 Å². The summed E-state index contributed by atoms with van der Waals surface area (Å²) in [6.45, 7) is 6.15. The summed E-state index contributed by atoms with van der Waals surface area (Å²) in [4.78, 5) is 8.36. The van der Waals surface area contributed by atoms with Crippen LogP contribution >= 0.6 is 0 Å². The molecule has 0 fully saturated rings. The van der Waals surface area contributed by atoms with E-state index in [1.54, 1.807) is 0 Å². The summed E-state index contributed by atoms with van der Waals surface area (Å²) in [5, 5.41) is 9.99. The Morgan fingerprint density at radius 3 is 1.56 bits per heavy atom. The predicted molar refractivity (Wildman–Crippen MR) is 37.5 cm³/mol. The molecule has 0 aromatic heterocycles. The maximum atomic E-state index is 8.36. The SMILES string of the molecule is CNC(C)(C)C.O=CO. The minimum Gasteiger partial charge on any atom is -0.483 e. The lowest BCUT2D eigenvalue weighted by Crippen LogP contribution is -2.31. The van der Waals surface area contributed by atoms with Crippen molar-refractivity contribution in [3.63, 3.8) is 0 Å². The molecule has 2 N–H and O–H groups in total. The molecular weight excluding hydrogens is 118 g/mol. The van der Waals surface area contributed by atoms with Gasteiger partial charge in [-0.25, -0.2) is 0 Å². The molecule has 0 saturated carbocycles. The van der Waals surface area contributed by atoms with Crippen LogP contribution < -0.4 is 5.32 Å². The number of nitrogens with one attached hydrogen (secondary N) is 1. The number of hydrogen-bond donors (Lipinski definition) is 2. The highest BCUT2D eigenvalue weighted by Gasteiger charge is 2.01. The number of carboxylic acid groups (broad SMARTS) is 1. The first-order chi connectivity index (χ1) is 3.97. The van der Waals surface area contributed by atoms with Crippen molar-refractivity contribution in [3.05, 3.63) is 0 Å². The summed E-state index contributed by atoms with van der Waals surface area (Å²) in [5.41, 5.74) is 0.292. The molecule has 0 aliphatic heterocycles. The molecule has 3 heteroatoms. The van der Waals surface area contributed by atoms with Crippen LogP contribution in [0.5, 0.6) is 0 Å². The number of hydrogen-bond acceptors (Lipinski definition) is 2. The van der Waals surface area contributed by atoms with E-state index in [1.807, 2.05) is 7.05 Å². The highest BCUT2D eigenvalue weighted by Crippen LogP contribution is 1.93. The minimum absolute atomic E-state index is 0.250. The van der Waals surface area contributed by atoms with Crippen LogP contribution in [0, 0.1) is 0 Å². The van der Waals surface area contributed by atoms with Gasteiger partial charge in [-0.05, 0) is 27.8 Å². The molecule has 0 aromatic rings. The third-order valence-corrected chi connectivity index (χ3v) is 0.750. The molecule has 0 bridgehead atoms. The van der Waals surface area contributed by atoms with Crippen molar-refractivity contribution in [1.82, 2.24) is 5.32 Å². The van der Waals surface area contributed by atoms with Crippen LogP contribution in [-0.2, 0) is 4.79 Å². The lowest BCUT2D eigenvalue weighted by molar-refractivity contribution is -0.122. The Morgan fingerprint density at radius 2 is 1.56 bits per heavy atom. The second kappa shape index (κ2) is 5.56. The van der Waals surface area contributed by atoms with E-state index in [-0.39, 0.29) is 6.47 Å². The second-order valence-corrected chi connectivity index (χ2v) is 2.61. The van der Waals surface area contributed by atoms with Gasteiger partial charge in [-0.1, -0.05) is 0 Å². The van der Waals surface area contributed by atoms with Gasteiger partial charge in [0, 0.05) is 5.54 Å². The van der Waals surface area contributed by atoms with E-state index in [2.05, 4.69) is 26.1 Å². The summed E-state index contributed by atoms with van der Waals surface area (Å²) in [7, 11) is 1.96. The lowest BCUT2D eigenvalue weighted by atomic mass is 10.1. The normalized spacial score (nSPS) is 9.33. The van der Waals surface area contributed by atoms with Gasteiger partial charge in [-0.3, -0.25) is 4.79 Å². The van der Waals surface area contributed by atoms with Gasteiger partial charge >= 0.3 is 0 Å². The summed E-state index contributed by atoms with van der Waals surface area (Å²) in [6.07, 6.45) is 0. The first-order valence-electron chi connectivity index (χ1n) is 2.74. The summed E-state index contributed by atoms with van der Waals surface area (Å²) in [6, 6.07) is 0. The van der Waals surface area contributed by atoms with Crippen LogP contribution in [0.2, 0.25) is 0 Å². The molecule has 56 valence electrons. The highest BCUT2D eigenvalue weighted by atomic mass is 16.3. The quantitative estimate of drug-likeness (QED) is 0.478. The van der Waals surface area contributed by atoms with Crippen LogP contribution in [0.4, 0.5) is 0 Å². The van der Waals surface area contributed by atoms with Gasteiger partial charge < -0.3 is 10.4 Å². The molecule has 0 spiro atoms. The predicted octanol–water partition coefficient (Wildman–Crippen LogP) is 0.705. The lowest BCUT2D eigenvalue weighted by Gasteiger charge is -2.15. The average molecular weight is 133 g/mol. The van der Waals surface area contributed by atoms with E-state index in [1.165, 1.54) is 0 Å². The van der Waals surface area contributed by atoms with E-state index in [9.17, 15) is 0 Å². The van der Waals surface area contributed by atoms with Crippen molar-refractivity contribution in [2.24, 2.45) is 0 Å². The van der Waals surface area contributed by atoms with Crippen LogP contribution in [0.3, 0.4) is 0 Å². The Morgan fingerprint density at radius 1 is 1.44 bits per heavy atom. The average Bonchev–Trinajstić information content (AvgIpc) is 1.67. The molecule has 0 saturated heterocycles. The third-order valence-electron chi connectivity index (χ3n) is 0.750. The summed E-state index contributed by atoms with van der Waals surface area (Å²) < 4.78 is 0. The Balaban J connectivity index is 0. The maximum absolute atomic E-state index is 8.36. The molecule has 0 unspecified atom stereocenters. The van der Waals surface area contributed by atoms with Gasteiger partial charge in [0.25, 0.3) is 6.47 Å². The zero-order valence-corrected chi connectivity index (χ0v) is 6.43. The van der Waals surface area contributed by atoms with E-state index >= 15 is 0 Å². The second-order valence-electron chi connectivity index (χ2n) is 2.61. The molecule has 0 rings (SSSR count). The third kappa shape index (κ3) is 37.1. The molecule has 0 radical (unpaired) electrons.